The maximum absolute atomic E-state index is 12.0. The molecule has 0 radical (unpaired) electrons. The van der Waals surface area contributed by atoms with Crippen molar-refractivity contribution in [2.75, 3.05) is 13.1 Å². The number of hydrogen-bond donors (Lipinski definition) is 2. The summed E-state index contributed by atoms with van der Waals surface area (Å²) in [5, 5.41) is 7.94. The first-order valence-electron chi connectivity index (χ1n) is 7.94. The average molecular weight is 303 g/mol. The number of benzene rings is 1. The maximum Gasteiger partial charge on any atom is 0.226 e. The van der Waals surface area contributed by atoms with Gasteiger partial charge in [0.1, 0.15) is 5.69 Å². The van der Waals surface area contributed by atoms with Crippen LogP contribution in [0.2, 0.25) is 0 Å². The summed E-state index contributed by atoms with van der Waals surface area (Å²) in [6, 6.07) is 4.08. The molecule has 1 amide bonds. The quantitative estimate of drug-likeness (QED) is 0.735. The molecule has 22 heavy (non-hydrogen) atoms. The molecule has 0 atom stereocenters. The number of nitrogens with two attached hydrogens (primary N) is 1. The standard InChI is InChI=1S/C17H25N3O2/c1-12-9-13(2)17-14(10-12)15(20-22-17)11-16(21)19-8-6-4-3-5-7-18/h9-10H,3-8,11,18H2,1-2H3,(H,19,21). The van der Waals surface area contributed by atoms with Gasteiger partial charge in [-0.1, -0.05) is 24.1 Å². The SMILES string of the molecule is Cc1cc(C)c2onc(CC(=O)NCCCCCCN)c2c1. The Morgan fingerprint density at radius 2 is 2.00 bits per heavy atom. The minimum Gasteiger partial charge on any atom is -0.356 e. The molecule has 2 aromatic rings. The Morgan fingerprint density at radius 1 is 1.23 bits per heavy atom. The van der Waals surface area contributed by atoms with Crippen LogP contribution in [0.5, 0.6) is 0 Å². The van der Waals surface area contributed by atoms with E-state index >= 15 is 0 Å². The zero-order valence-corrected chi connectivity index (χ0v) is 13.4. The van der Waals surface area contributed by atoms with Gasteiger partial charge in [0.05, 0.1) is 6.42 Å². The molecule has 1 aromatic heterocycles. The summed E-state index contributed by atoms with van der Waals surface area (Å²) < 4.78 is 5.36. The van der Waals surface area contributed by atoms with E-state index in [1.807, 2.05) is 19.9 Å². The molecule has 120 valence electrons. The highest BCUT2D eigenvalue weighted by Crippen LogP contribution is 2.24. The van der Waals surface area contributed by atoms with Crippen LogP contribution in [0.25, 0.3) is 11.0 Å². The van der Waals surface area contributed by atoms with Crippen molar-refractivity contribution in [3.05, 3.63) is 29.0 Å². The fourth-order valence-corrected chi connectivity index (χ4v) is 2.63. The first-order valence-corrected chi connectivity index (χ1v) is 7.94. The third kappa shape index (κ3) is 4.31. The molecule has 0 aliphatic rings. The predicted octanol–water partition coefficient (Wildman–Crippen LogP) is 2.62. The van der Waals surface area contributed by atoms with Crippen molar-refractivity contribution < 1.29 is 9.32 Å². The van der Waals surface area contributed by atoms with Gasteiger partial charge in [-0.2, -0.15) is 0 Å². The Labute approximate surface area is 131 Å². The van der Waals surface area contributed by atoms with Gasteiger partial charge in [-0.15, -0.1) is 0 Å². The maximum atomic E-state index is 12.0. The summed E-state index contributed by atoms with van der Waals surface area (Å²) in [5.41, 5.74) is 9.13. The van der Waals surface area contributed by atoms with Crippen molar-refractivity contribution in [3.8, 4) is 0 Å². The zero-order chi connectivity index (χ0) is 15.9. The molecule has 5 nitrogen and oxygen atoms in total. The normalized spacial score (nSPS) is 11.0. The summed E-state index contributed by atoms with van der Waals surface area (Å²) in [6.45, 7) is 5.47. The largest absolute Gasteiger partial charge is 0.356 e. The van der Waals surface area contributed by atoms with E-state index < -0.39 is 0 Å². The zero-order valence-electron chi connectivity index (χ0n) is 13.4. The first kappa shape index (κ1) is 16.5. The molecular weight excluding hydrogens is 278 g/mol. The first-order chi connectivity index (χ1) is 10.6. The number of carbonyl (C=O) groups excluding carboxylic acids is 1. The van der Waals surface area contributed by atoms with Crippen molar-refractivity contribution in [1.29, 1.82) is 0 Å². The summed E-state index contributed by atoms with van der Waals surface area (Å²) in [5.74, 6) is -0.00631. The second kappa shape index (κ2) is 7.94. The molecule has 0 saturated heterocycles. The lowest BCUT2D eigenvalue weighted by Crippen LogP contribution is -2.26. The van der Waals surface area contributed by atoms with Gasteiger partial charge in [0.25, 0.3) is 0 Å². The number of carbonyl (C=O) groups is 1. The van der Waals surface area contributed by atoms with Crippen LogP contribution in [0.15, 0.2) is 16.7 Å². The van der Waals surface area contributed by atoms with Crippen LogP contribution in [-0.2, 0) is 11.2 Å². The third-order valence-corrected chi connectivity index (χ3v) is 3.76. The Balaban J connectivity index is 1.87. The molecule has 0 fully saturated rings. The fraction of sp³-hybridized carbons (Fsp3) is 0.529. The molecule has 0 spiro atoms. The van der Waals surface area contributed by atoms with E-state index in [0.29, 0.717) is 12.2 Å². The van der Waals surface area contributed by atoms with Crippen LogP contribution in [0.4, 0.5) is 0 Å². The van der Waals surface area contributed by atoms with Crippen LogP contribution in [0.3, 0.4) is 0 Å². The number of rotatable bonds is 8. The highest BCUT2D eigenvalue weighted by atomic mass is 16.5. The topological polar surface area (TPSA) is 81.2 Å². The molecule has 0 aliphatic carbocycles. The van der Waals surface area contributed by atoms with Crippen LogP contribution < -0.4 is 11.1 Å². The Kier molecular flexibility index (Phi) is 5.95. The van der Waals surface area contributed by atoms with Gasteiger partial charge in [-0.05, 0) is 50.4 Å². The number of aromatic nitrogens is 1. The van der Waals surface area contributed by atoms with Crippen LogP contribution in [0.1, 0.15) is 42.5 Å². The van der Waals surface area contributed by atoms with E-state index in [9.17, 15) is 4.79 Å². The number of hydrogen-bond acceptors (Lipinski definition) is 4. The van der Waals surface area contributed by atoms with Gasteiger partial charge >= 0.3 is 0 Å². The summed E-state index contributed by atoms with van der Waals surface area (Å²) in [6.07, 6.45) is 4.53. The predicted molar refractivity (Wildman–Crippen MR) is 87.7 cm³/mol. The van der Waals surface area contributed by atoms with Crippen molar-refractivity contribution in [2.45, 2.75) is 46.0 Å². The average Bonchev–Trinajstić information content (AvgIpc) is 2.86. The lowest BCUT2D eigenvalue weighted by Gasteiger charge is -2.04. The van der Waals surface area contributed by atoms with Gasteiger partial charge in [0, 0.05) is 11.9 Å². The molecule has 1 aromatic carbocycles. The van der Waals surface area contributed by atoms with Crippen LogP contribution >= 0.6 is 0 Å². The number of fused-ring (bicyclic) bond motifs is 1. The van der Waals surface area contributed by atoms with E-state index in [1.165, 1.54) is 0 Å². The van der Waals surface area contributed by atoms with E-state index in [0.717, 1.165) is 54.3 Å². The van der Waals surface area contributed by atoms with Crippen LogP contribution in [0, 0.1) is 13.8 Å². The minimum atomic E-state index is -0.00631. The van der Waals surface area contributed by atoms with E-state index in [-0.39, 0.29) is 12.3 Å². The third-order valence-electron chi connectivity index (χ3n) is 3.76. The molecule has 1 heterocycles. The number of amides is 1. The second-order valence-corrected chi connectivity index (χ2v) is 5.82. The van der Waals surface area contributed by atoms with Gasteiger partial charge < -0.3 is 15.6 Å². The molecule has 0 bridgehead atoms. The van der Waals surface area contributed by atoms with Crippen molar-refractivity contribution in [2.24, 2.45) is 5.73 Å². The number of nitrogens with one attached hydrogen (secondary N) is 1. The Morgan fingerprint density at radius 3 is 2.77 bits per heavy atom. The Bertz CT molecular complexity index is 634. The molecule has 2 rings (SSSR count). The van der Waals surface area contributed by atoms with Gasteiger partial charge in [-0.25, -0.2) is 0 Å². The Hall–Kier alpha value is -1.88. The summed E-state index contributed by atoms with van der Waals surface area (Å²) >= 11 is 0. The van der Waals surface area contributed by atoms with Crippen LogP contribution in [-0.4, -0.2) is 24.2 Å². The van der Waals surface area contributed by atoms with Gasteiger partial charge in [0.15, 0.2) is 5.58 Å². The molecular formula is C17H25N3O2. The lowest BCUT2D eigenvalue weighted by molar-refractivity contribution is -0.120. The smallest absolute Gasteiger partial charge is 0.226 e. The fourth-order valence-electron chi connectivity index (χ4n) is 2.63. The summed E-state index contributed by atoms with van der Waals surface area (Å²) in [4.78, 5) is 12.0. The monoisotopic (exact) mass is 303 g/mol. The van der Waals surface area contributed by atoms with E-state index in [1.54, 1.807) is 0 Å². The lowest BCUT2D eigenvalue weighted by atomic mass is 10.1. The molecule has 5 heteroatoms. The van der Waals surface area contributed by atoms with Gasteiger partial charge in [0.2, 0.25) is 5.91 Å². The molecule has 0 aliphatic heterocycles. The van der Waals surface area contributed by atoms with E-state index in [2.05, 4.69) is 16.5 Å². The second-order valence-electron chi connectivity index (χ2n) is 5.82. The highest BCUT2D eigenvalue weighted by Gasteiger charge is 2.14. The van der Waals surface area contributed by atoms with Crippen molar-refractivity contribution in [1.82, 2.24) is 10.5 Å². The molecule has 3 N–H and O–H groups in total. The summed E-state index contributed by atoms with van der Waals surface area (Å²) in [7, 11) is 0. The van der Waals surface area contributed by atoms with Gasteiger partial charge in [-0.3, -0.25) is 4.79 Å². The minimum absolute atomic E-state index is 0.00631. The number of nitrogens with zero attached hydrogens (tertiary/aromatic N) is 1. The molecule has 0 saturated carbocycles. The molecule has 0 unspecified atom stereocenters. The van der Waals surface area contributed by atoms with Crippen molar-refractivity contribution in [3.63, 3.8) is 0 Å². The van der Waals surface area contributed by atoms with Crippen molar-refractivity contribution >= 4 is 16.9 Å². The van der Waals surface area contributed by atoms with E-state index in [4.69, 9.17) is 10.3 Å². The highest BCUT2D eigenvalue weighted by molar-refractivity contribution is 5.88. The number of aryl methyl sites for hydroxylation is 2. The number of unbranched alkanes of at least 4 members (excludes halogenated alkanes) is 3.